The topological polar surface area (TPSA) is 65.0 Å². The summed E-state index contributed by atoms with van der Waals surface area (Å²) in [7, 11) is 0. The molecule has 160 valence electrons. The van der Waals surface area contributed by atoms with Crippen molar-refractivity contribution in [3.05, 3.63) is 108 Å². The molecular weight excluding hydrogens is 407 g/mol. The van der Waals surface area contributed by atoms with Crippen LogP contribution < -0.4 is 5.32 Å². The summed E-state index contributed by atoms with van der Waals surface area (Å²) in [6, 6.07) is 18.2. The van der Waals surface area contributed by atoms with Crippen LogP contribution in [0.25, 0.3) is 11.1 Å². The van der Waals surface area contributed by atoms with Gasteiger partial charge in [-0.2, -0.15) is 5.10 Å². The lowest BCUT2D eigenvalue weighted by Crippen LogP contribution is -2.17. The van der Waals surface area contributed by atoms with Crippen molar-refractivity contribution in [1.29, 1.82) is 0 Å². The predicted molar refractivity (Wildman–Crippen MR) is 120 cm³/mol. The Kier molecular flexibility index (Phi) is 5.07. The summed E-state index contributed by atoms with van der Waals surface area (Å²) in [5, 5.41) is 7.18. The SMILES string of the molecule is Cc1ccc(Cn2c(C(=O)Nc3cnn(Cc4cccc(F)c4)c3)cc3occc32)cc1. The molecule has 0 aliphatic carbocycles. The summed E-state index contributed by atoms with van der Waals surface area (Å²) >= 11 is 0. The van der Waals surface area contributed by atoms with Crippen LogP contribution in [0.4, 0.5) is 10.1 Å². The fraction of sp³-hybridized carbons (Fsp3) is 0.120. The Hall–Kier alpha value is -4.13. The van der Waals surface area contributed by atoms with Gasteiger partial charge in [-0.1, -0.05) is 42.0 Å². The van der Waals surface area contributed by atoms with Gasteiger partial charge in [0.1, 0.15) is 11.5 Å². The van der Waals surface area contributed by atoms with Crippen LogP contribution in [0.1, 0.15) is 27.2 Å². The molecule has 5 aromatic rings. The van der Waals surface area contributed by atoms with E-state index in [4.69, 9.17) is 4.42 Å². The smallest absolute Gasteiger partial charge is 0.272 e. The van der Waals surface area contributed by atoms with E-state index in [9.17, 15) is 9.18 Å². The van der Waals surface area contributed by atoms with Crippen LogP contribution >= 0.6 is 0 Å². The van der Waals surface area contributed by atoms with E-state index in [0.29, 0.717) is 30.1 Å². The van der Waals surface area contributed by atoms with Crippen LogP contribution in [-0.2, 0) is 13.1 Å². The molecule has 0 saturated heterocycles. The summed E-state index contributed by atoms with van der Waals surface area (Å²) < 4.78 is 22.5. The zero-order chi connectivity index (χ0) is 22.1. The minimum Gasteiger partial charge on any atom is -0.463 e. The number of rotatable bonds is 6. The molecule has 3 aromatic heterocycles. The maximum Gasteiger partial charge on any atom is 0.272 e. The number of aromatic nitrogens is 3. The maximum atomic E-state index is 13.4. The third kappa shape index (κ3) is 4.05. The lowest BCUT2D eigenvalue weighted by atomic mass is 10.1. The molecule has 2 aromatic carbocycles. The van der Waals surface area contributed by atoms with Crippen LogP contribution in [0, 0.1) is 12.7 Å². The highest BCUT2D eigenvalue weighted by atomic mass is 19.1. The van der Waals surface area contributed by atoms with E-state index in [1.807, 2.05) is 23.6 Å². The number of nitrogens with one attached hydrogen (secondary N) is 1. The second-order valence-corrected chi connectivity index (χ2v) is 7.78. The number of hydrogen-bond acceptors (Lipinski definition) is 3. The van der Waals surface area contributed by atoms with Gasteiger partial charge in [0, 0.05) is 24.9 Å². The number of aryl methyl sites for hydroxylation is 1. The summed E-state index contributed by atoms with van der Waals surface area (Å²) in [5.41, 5.74) is 5.64. The summed E-state index contributed by atoms with van der Waals surface area (Å²) in [4.78, 5) is 13.1. The normalized spacial score (nSPS) is 11.2. The first-order valence-corrected chi connectivity index (χ1v) is 10.3. The Labute approximate surface area is 183 Å². The standard InChI is InChI=1S/C25H21FN4O2/c1-17-5-7-18(8-6-17)15-30-22-9-10-32-24(22)12-23(30)25(31)28-21-13-27-29(16-21)14-19-3-2-4-20(26)11-19/h2-13,16H,14-15H2,1H3,(H,28,31). The highest BCUT2D eigenvalue weighted by molar-refractivity contribution is 6.05. The van der Waals surface area contributed by atoms with Crippen LogP contribution in [0.2, 0.25) is 0 Å². The number of furan rings is 1. The number of benzene rings is 2. The minimum absolute atomic E-state index is 0.256. The van der Waals surface area contributed by atoms with Crippen molar-refractivity contribution in [2.45, 2.75) is 20.0 Å². The first-order chi connectivity index (χ1) is 15.5. The number of anilines is 1. The molecule has 0 spiro atoms. The number of carbonyl (C=O) groups is 1. The molecule has 0 saturated carbocycles. The monoisotopic (exact) mass is 428 g/mol. The number of hydrogen-bond donors (Lipinski definition) is 1. The molecule has 0 bridgehead atoms. The number of fused-ring (bicyclic) bond motifs is 1. The van der Waals surface area contributed by atoms with E-state index < -0.39 is 0 Å². The van der Waals surface area contributed by atoms with Gasteiger partial charge in [0.25, 0.3) is 5.91 Å². The quantitative estimate of drug-likeness (QED) is 0.403. The number of nitrogens with zero attached hydrogens (tertiary/aromatic N) is 3. The lowest BCUT2D eigenvalue weighted by Gasteiger charge is -2.10. The molecule has 7 heteroatoms. The second kappa shape index (κ2) is 8.19. The van der Waals surface area contributed by atoms with Crippen molar-refractivity contribution in [2.24, 2.45) is 0 Å². The third-order valence-electron chi connectivity index (χ3n) is 5.34. The van der Waals surface area contributed by atoms with Crippen molar-refractivity contribution < 1.29 is 13.6 Å². The number of amides is 1. The van der Waals surface area contributed by atoms with E-state index in [1.165, 1.54) is 17.7 Å². The average Bonchev–Trinajstić information content (AvgIpc) is 3.47. The Morgan fingerprint density at radius 3 is 2.72 bits per heavy atom. The molecule has 6 nitrogen and oxygen atoms in total. The minimum atomic E-state index is -0.290. The molecule has 32 heavy (non-hydrogen) atoms. The summed E-state index contributed by atoms with van der Waals surface area (Å²) in [5.74, 6) is -0.546. The fourth-order valence-electron chi connectivity index (χ4n) is 3.74. The van der Waals surface area contributed by atoms with E-state index in [2.05, 4.69) is 34.7 Å². The highest BCUT2D eigenvalue weighted by Crippen LogP contribution is 2.23. The third-order valence-corrected chi connectivity index (χ3v) is 5.34. The zero-order valence-electron chi connectivity index (χ0n) is 17.5. The first-order valence-electron chi connectivity index (χ1n) is 10.3. The first kappa shape index (κ1) is 19.8. The van der Waals surface area contributed by atoms with Gasteiger partial charge in [-0.15, -0.1) is 0 Å². The van der Waals surface area contributed by atoms with Crippen molar-refractivity contribution in [1.82, 2.24) is 14.3 Å². The van der Waals surface area contributed by atoms with Gasteiger partial charge in [0.05, 0.1) is 30.2 Å². The van der Waals surface area contributed by atoms with Crippen LogP contribution in [0.5, 0.6) is 0 Å². The van der Waals surface area contributed by atoms with Gasteiger partial charge in [-0.3, -0.25) is 9.48 Å². The van der Waals surface area contributed by atoms with Crippen molar-refractivity contribution in [3.8, 4) is 0 Å². The van der Waals surface area contributed by atoms with Crippen LogP contribution in [0.3, 0.4) is 0 Å². The van der Waals surface area contributed by atoms with E-state index in [-0.39, 0.29) is 11.7 Å². The molecule has 0 unspecified atom stereocenters. The number of carbonyl (C=O) groups excluding carboxylic acids is 1. The maximum absolute atomic E-state index is 13.4. The van der Waals surface area contributed by atoms with Crippen molar-refractivity contribution in [3.63, 3.8) is 0 Å². The largest absolute Gasteiger partial charge is 0.463 e. The van der Waals surface area contributed by atoms with Crippen molar-refractivity contribution in [2.75, 3.05) is 5.32 Å². The predicted octanol–water partition coefficient (Wildman–Crippen LogP) is 5.23. The summed E-state index contributed by atoms with van der Waals surface area (Å²) in [6.45, 7) is 3.00. The van der Waals surface area contributed by atoms with Crippen LogP contribution in [-0.4, -0.2) is 20.3 Å². The van der Waals surface area contributed by atoms with E-state index >= 15 is 0 Å². The summed E-state index contributed by atoms with van der Waals surface area (Å²) in [6.07, 6.45) is 4.92. The Bertz CT molecular complexity index is 1400. The molecule has 1 N–H and O–H groups in total. The Morgan fingerprint density at radius 2 is 1.91 bits per heavy atom. The Morgan fingerprint density at radius 1 is 1.06 bits per heavy atom. The molecule has 1 amide bonds. The van der Waals surface area contributed by atoms with Gasteiger partial charge >= 0.3 is 0 Å². The van der Waals surface area contributed by atoms with Gasteiger partial charge in [0.15, 0.2) is 5.58 Å². The number of halogens is 1. The molecule has 0 fully saturated rings. The molecule has 3 heterocycles. The van der Waals surface area contributed by atoms with E-state index in [1.54, 1.807) is 35.5 Å². The second-order valence-electron chi connectivity index (χ2n) is 7.78. The average molecular weight is 428 g/mol. The molecule has 0 atom stereocenters. The van der Waals surface area contributed by atoms with Gasteiger partial charge in [-0.25, -0.2) is 4.39 Å². The molecular formula is C25H21FN4O2. The fourth-order valence-corrected chi connectivity index (χ4v) is 3.74. The van der Waals surface area contributed by atoms with Gasteiger partial charge < -0.3 is 14.3 Å². The van der Waals surface area contributed by atoms with Crippen LogP contribution in [0.15, 0.2) is 83.7 Å². The lowest BCUT2D eigenvalue weighted by molar-refractivity contribution is 0.101. The van der Waals surface area contributed by atoms with Gasteiger partial charge in [0.2, 0.25) is 0 Å². The highest BCUT2D eigenvalue weighted by Gasteiger charge is 2.18. The zero-order valence-corrected chi connectivity index (χ0v) is 17.5. The molecule has 0 radical (unpaired) electrons. The molecule has 0 aliphatic heterocycles. The molecule has 0 aliphatic rings. The Balaban J connectivity index is 1.37. The molecule has 5 rings (SSSR count). The van der Waals surface area contributed by atoms with Crippen molar-refractivity contribution >= 4 is 22.7 Å². The van der Waals surface area contributed by atoms with Gasteiger partial charge in [-0.05, 0) is 30.2 Å². The van der Waals surface area contributed by atoms with E-state index in [0.717, 1.165) is 16.6 Å².